The van der Waals surface area contributed by atoms with Crippen molar-refractivity contribution in [3.05, 3.63) is 32.4 Å². The Labute approximate surface area is 91.6 Å². The molecule has 2 aromatic rings. The summed E-state index contributed by atoms with van der Waals surface area (Å²) in [6.07, 6.45) is 1.71. The molecule has 2 aromatic heterocycles. The topological polar surface area (TPSA) is 42.2 Å². The predicted octanol–water partition coefficient (Wildman–Crippen LogP) is 1.71. The van der Waals surface area contributed by atoms with E-state index in [9.17, 15) is 4.79 Å². The Morgan fingerprint density at radius 3 is 2.73 bits per heavy atom. The van der Waals surface area contributed by atoms with Gasteiger partial charge < -0.3 is 9.67 Å². The van der Waals surface area contributed by atoms with Gasteiger partial charge >= 0.3 is 0 Å². The van der Waals surface area contributed by atoms with Crippen molar-refractivity contribution in [2.75, 3.05) is 0 Å². The lowest BCUT2D eigenvalue weighted by molar-refractivity contribution is 0.280. The third-order valence-electron chi connectivity index (χ3n) is 2.73. The summed E-state index contributed by atoms with van der Waals surface area (Å²) >= 11 is 1.62. The van der Waals surface area contributed by atoms with Crippen molar-refractivity contribution in [1.82, 2.24) is 4.57 Å². The lowest BCUT2D eigenvalue weighted by Crippen LogP contribution is -2.12. The Kier molecular flexibility index (Phi) is 2.40. The minimum atomic E-state index is -0.197. The molecule has 0 aliphatic carbocycles. The first-order valence-corrected chi connectivity index (χ1v) is 5.57. The van der Waals surface area contributed by atoms with E-state index in [1.165, 1.54) is 0 Å². The van der Waals surface area contributed by atoms with Gasteiger partial charge in [0.05, 0.1) is 12.0 Å². The summed E-state index contributed by atoms with van der Waals surface area (Å²) in [6, 6.07) is 0. The second kappa shape index (κ2) is 3.47. The predicted molar refractivity (Wildman–Crippen MR) is 62.5 cm³/mol. The van der Waals surface area contributed by atoms with E-state index >= 15 is 0 Å². The van der Waals surface area contributed by atoms with Crippen LogP contribution in [0.15, 0.2) is 11.0 Å². The van der Waals surface area contributed by atoms with Gasteiger partial charge in [0.2, 0.25) is 0 Å². The normalized spacial score (nSPS) is 11.2. The Balaban J connectivity index is 3.01. The highest BCUT2D eigenvalue weighted by atomic mass is 32.1. The van der Waals surface area contributed by atoms with Crippen molar-refractivity contribution < 1.29 is 5.11 Å². The number of aromatic nitrogens is 1. The quantitative estimate of drug-likeness (QED) is 0.799. The van der Waals surface area contributed by atoms with Crippen LogP contribution in [0.4, 0.5) is 0 Å². The van der Waals surface area contributed by atoms with Crippen molar-refractivity contribution in [3.63, 3.8) is 0 Å². The maximum absolute atomic E-state index is 12.0. The number of hydrogen-bond acceptors (Lipinski definition) is 3. The van der Waals surface area contributed by atoms with Gasteiger partial charge in [-0.1, -0.05) is 0 Å². The molecule has 2 heterocycles. The lowest BCUT2D eigenvalue weighted by atomic mass is 10.1. The molecule has 0 aromatic carbocycles. The van der Waals surface area contributed by atoms with Crippen LogP contribution in [0.1, 0.15) is 16.0 Å². The largest absolute Gasteiger partial charge is 0.391 e. The average molecular weight is 223 g/mol. The molecule has 0 spiro atoms. The second-order valence-electron chi connectivity index (χ2n) is 3.72. The van der Waals surface area contributed by atoms with Gasteiger partial charge in [-0.25, -0.2) is 0 Å². The van der Waals surface area contributed by atoms with Crippen LogP contribution >= 0.6 is 11.3 Å². The highest BCUT2D eigenvalue weighted by molar-refractivity contribution is 7.18. The summed E-state index contributed by atoms with van der Waals surface area (Å²) in [5.41, 5.74) is 1.46. The molecule has 0 saturated carbocycles. The monoisotopic (exact) mass is 223 g/mol. The first-order valence-electron chi connectivity index (χ1n) is 4.75. The third-order valence-corrected chi connectivity index (χ3v) is 4.02. The third kappa shape index (κ3) is 1.41. The van der Waals surface area contributed by atoms with Gasteiger partial charge in [0.25, 0.3) is 0 Å². The van der Waals surface area contributed by atoms with E-state index in [1.807, 2.05) is 25.5 Å². The van der Waals surface area contributed by atoms with Crippen LogP contribution in [-0.4, -0.2) is 9.67 Å². The number of nitrogens with zero attached hydrogens (tertiary/aromatic N) is 1. The smallest absolute Gasteiger partial charge is 0.196 e. The van der Waals surface area contributed by atoms with Gasteiger partial charge in [0.15, 0.2) is 5.43 Å². The van der Waals surface area contributed by atoms with Crippen molar-refractivity contribution >= 4 is 21.6 Å². The molecule has 0 bridgehead atoms. The minimum Gasteiger partial charge on any atom is -0.391 e. The molecule has 0 atom stereocenters. The number of aliphatic hydroxyl groups is 1. The Morgan fingerprint density at radius 2 is 2.13 bits per heavy atom. The highest BCUT2D eigenvalue weighted by Crippen LogP contribution is 2.27. The average Bonchev–Trinajstić information content (AvgIpc) is 2.50. The van der Waals surface area contributed by atoms with Crippen LogP contribution in [0.25, 0.3) is 10.2 Å². The number of thiophene rings is 1. The standard InChI is InChI=1S/C11H13NO2S/c1-6-7(2)15-11-9(6)10(14)8(5-13)4-12(11)3/h4,13H,5H2,1-3H3. The second-order valence-corrected chi connectivity index (χ2v) is 4.92. The number of pyridine rings is 1. The van der Waals surface area contributed by atoms with Gasteiger partial charge in [-0.15, -0.1) is 11.3 Å². The van der Waals surface area contributed by atoms with E-state index in [0.29, 0.717) is 5.56 Å². The van der Waals surface area contributed by atoms with E-state index < -0.39 is 0 Å². The SMILES string of the molecule is Cc1sc2c(c1C)c(=O)c(CO)cn2C. The zero-order chi connectivity index (χ0) is 11.2. The molecular weight excluding hydrogens is 210 g/mol. The molecular formula is C11H13NO2S. The number of fused-ring (bicyclic) bond motifs is 1. The minimum absolute atomic E-state index is 0.0348. The van der Waals surface area contributed by atoms with Gasteiger partial charge in [-0.3, -0.25) is 4.79 Å². The van der Waals surface area contributed by atoms with Crippen LogP contribution in [0.3, 0.4) is 0 Å². The fourth-order valence-corrected chi connectivity index (χ4v) is 2.84. The first kappa shape index (κ1) is 10.4. The molecule has 0 aliphatic rings. The van der Waals surface area contributed by atoms with Crippen LogP contribution in [0.5, 0.6) is 0 Å². The van der Waals surface area contributed by atoms with E-state index in [-0.39, 0.29) is 12.0 Å². The molecule has 15 heavy (non-hydrogen) atoms. The van der Waals surface area contributed by atoms with Gasteiger partial charge in [0.1, 0.15) is 4.83 Å². The van der Waals surface area contributed by atoms with Gasteiger partial charge in [0, 0.05) is 23.7 Å². The summed E-state index contributed by atoms with van der Waals surface area (Å²) in [5.74, 6) is 0. The van der Waals surface area contributed by atoms with Crippen LogP contribution in [-0.2, 0) is 13.7 Å². The number of hydrogen-bond donors (Lipinski definition) is 1. The van der Waals surface area contributed by atoms with Crippen molar-refractivity contribution in [1.29, 1.82) is 0 Å². The van der Waals surface area contributed by atoms with Gasteiger partial charge in [-0.05, 0) is 19.4 Å². The van der Waals surface area contributed by atoms with E-state index in [0.717, 1.165) is 20.7 Å². The fourth-order valence-electron chi connectivity index (χ4n) is 1.75. The van der Waals surface area contributed by atoms with Crippen molar-refractivity contribution in [2.24, 2.45) is 7.05 Å². The number of aryl methyl sites for hydroxylation is 3. The maximum Gasteiger partial charge on any atom is 0.196 e. The van der Waals surface area contributed by atoms with Gasteiger partial charge in [-0.2, -0.15) is 0 Å². The van der Waals surface area contributed by atoms with Crippen LogP contribution < -0.4 is 5.43 Å². The number of aliphatic hydroxyl groups excluding tert-OH is 1. The van der Waals surface area contributed by atoms with E-state index in [2.05, 4.69) is 0 Å². The Hall–Kier alpha value is -1.13. The summed E-state index contributed by atoms with van der Waals surface area (Å²) in [4.78, 5) is 14.1. The molecule has 2 rings (SSSR count). The molecule has 0 aliphatic heterocycles. The van der Waals surface area contributed by atoms with Crippen molar-refractivity contribution in [3.8, 4) is 0 Å². The zero-order valence-electron chi connectivity index (χ0n) is 9.00. The zero-order valence-corrected chi connectivity index (χ0v) is 9.81. The first-order chi connectivity index (χ1) is 7.06. The molecule has 0 fully saturated rings. The molecule has 4 heteroatoms. The molecule has 0 saturated heterocycles. The number of rotatable bonds is 1. The molecule has 3 nitrogen and oxygen atoms in total. The Bertz CT molecular complexity index is 580. The highest BCUT2D eigenvalue weighted by Gasteiger charge is 2.13. The van der Waals surface area contributed by atoms with Crippen molar-refractivity contribution in [2.45, 2.75) is 20.5 Å². The van der Waals surface area contributed by atoms with Crippen LogP contribution in [0.2, 0.25) is 0 Å². The van der Waals surface area contributed by atoms with E-state index in [4.69, 9.17) is 5.11 Å². The maximum atomic E-state index is 12.0. The summed E-state index contributed by atoms with van der Waals surface area (Å²) in [6.45, 7) is 3.77. The summed E-state index contributed by atoms with van der Waals surface area (Å²) in [5, 5.41) is 9.85. The molecule has 1 N–H and O–H groups in total. The van der Waals surface area contributed by atoms with E-state index in [1.54, 1.807) is 17.5 Å². The molecule has 0 unspecified atom stereocenters. The molecule has 80 valence electrons. The summed E-state index contributed by atoms with van der Waals surface area (Å²) in [7, 11) is 1.90. The molecule has 0 radical (unpaired) electrons. The molecule has 0 amide bonds. The Morgan fingerprint density at radius 1 is 1.47 bits per heavy atom. The fraction of sp³-hybridized carbons (Fsp3) is 0.364. The lowest BCUT2D eigenvalue weighted by Gasteiger charge is -2.03. The van der Waals surface area contributed by atoms with Crippen LogP contribution in [0, 0.1) is 13.8 Å². The summed E-state index contributed by atoms with van der Waals surface area (Å²) < 4.78 is 1.91.